The number of hydrogen-bond donors (Lipinski definition) is 1. The van der Waals surface area contributed by atoms with Crippen molar-refractivity contribution >= 4 is 35.3 Å². The highest BCUT2D eigenvalue weighted by molar-refractivity contribution is 8.13. The lowest BCUT2D eigenvalue weighted by atomic mass is 9.98. The van der Waals surface area contributed by atoms with E-state index < -0.39 is 0 Å². The first-order valence-electron chi connectivity index (χ1n) is 7.07. The minimum absolute atomic E-state index is 0. The van der Waals surface area contributed by atoms with Crippen molar-refractivity contribution in [2.24, 2.45) is 0 Å². The van der Waals surface area contributed by atoms with Crippen LogP contribution in [0.2, 0.25) is 0 Å². The highest BCUT2D eigenvalue weighted by Crippen LogP contribution is 2.29. The van der Waals surface area contributed by atoms with E-state index in [0.29, 0.717) is 24.7 Å². The van der Waals surface area contributed by atoms with Gasteiger partial charge in [-0.15, -0.1) is 12.4 Å². The molecule has 2 bridgehead atoms. The molecule has 3 aliphatic heterocycles. The van der Waals surface area contributed by atoms with E-state index in [1.54, 1.807) is 4.90 Å². The minimum Gasteiger partial charge on any atom is -0.341 e. The molecule has 3 aliphatic rings. The van der Waals surface area contributed by atoms with E-state index in [4.69, 9.17) is 0 Å². The number of thioether (sulfide) groups is 1. The van der Waals surface area contributed by atoms with Gasteiger partial charge in [0.25, 0.3) is 5.24 Å². The van der Waals surface area contributed by atoms with Gasteiger partial charge in [-0.2, -0.15) is 0 Å². The van der Waals surface area contributed by atoms with E-state index in [0.717, 1.165) is 18.6 Å². The normalized spacial score (nSPS) is 32.1. The molecule has 3 fully saturated rings. The molecule has 7 heteroatoms. The van der Waals surface area contributed by atoms with Gasteiger partial charge in [0.15, 0.2) is 0 Å². The highest BCUT2D eigenvalue weighted by atomic mass is 35.5. The quantitative estimate of drug-likeness (QED) is 0.852. The number of halogens is 1. The summed E-state index contributed by atoms with van der Waals surface area (Å²) in [6, 6.07) is 1.52. The SMILES string of the molecule is CN(C(=O)CN1CCSC1=O)C1CC2CCC(C1)N2.Cl. The van der Waals surface area contributed by atoms with E-state index in [-0.39, 0.29) is 30.1 Å². The molecule has 0 saturated carbocycles. The van der Waals surface area contributed by atoms with Crippen LogP contribution in [0.3, 0.4) is 0 Å². The molecule has 114 valence electrons. The zero-order valence-corrected chi connectivity index (χ0v) is 13.3. The monoisotopic (exact) mass is 319 g/mol. The third-order valence-corrected chi connectivity index (χ3v) is 5.45. The maximum atomic E-state index is 12.3. The van der Waals surface area contributed by atoms with Crippen LogP contribution < -0.4 is 5.32 Å². The first kappa shape index (κ1) is 15.9. The van der Waals surface area contributed by atoms with Gasteiger partial charge in [0.05, 0.1) is 0 Å². The number of amides is 2. The van der Waals surface area contributed by atoms with Crippen molar-refractivity contribution in [3.8, 4) is 0 Å². The molecule has 20 heavy (non-hydrogen) atoms. The van der Waals surface area contributed by atoms with Crippen molar-refractivity contribution in [3.63, 3.8) is 0 Å². The molecule has 0 aromatic carbocycles. The van der Waals surface area contributed by atoms with E-state index >= 15 is 0 Å². The summed E-state index contributed by atoms with van der Waals surface area (Å²) in [7, 11) is 1.89. The van der Waals surface area contributed by atoms with Gasteiger partial charge in [-0.25, -0.2) is 0 Å². The van der Waals surface area contributed by atoms with Crippen LogP contribution in [-0.2, 0) is 4.79 Å². The maximum Gasteiger partial charge on any atom is 0.282 e. The van der Waals surface area contributed by atoms with Gasteiger partial charge in [0.2, 0.25) is 5.91 Å². The summed E-state index contributed by atoms with van der Waals surface area (Å²) < 4.78 is 0. The molecule has 0 aromatic rings. The summed E-state index contributed by atoms with van der Waals surface area (Å²) >= 11 is 1.31. The van der Waals surface area contributed by atoms with E-state index in [1.165, 1.54) is 24.6 Å². The summed E-state index contributed by atoms with van der Waals surface area (Å²) in [6.45, 7) is 0.960. The first-order chi connectivity index (χ1) is 9.13. The Morgan fingerprint density at radius 2 is 2.05 bits per heavy atom. The average molecular weight is 320 g/mol. The van der Waals surface area contributed by atoms with Crippen molar-refractivity contribution < 1.29 is 9.59 Å². The summed E-state index contributed by atoms with van der Waals surface area (Å²) in [4.78, 5) is 27.4. The fourth-order valence-electron chi connectivity index (χ4n) is 3.39. The molecule has 0 spiro atoms. The van der Waals surface area contributed by atoms with Gasteiger partial charge in [-0.3, -0.25) is 9.59 Å². The fourth-order valence-corrected chi connectivity index (χ4v) is 4.22. The zero-order chi connectivity index (χ0) is 13.4. The van der Waals surface area contributed by atoms with Crippen LogP contribution in [0.25, 0.3) is 0 Å². The molecule has 0 radical (unpaired) electrons. The van der Waals surface area contributed by atoms with Crippen LogP contribution in [0.5, 0.6) is 0 Å². The fraction of sp³-hybridized carbons (Fsp3) is 0.846. The topological polar surface area (TPSA) is 52.7 Å². The van der Waals surface area contributed by atoms with Crippen LogP contribution >= 0.6 is 24.2 Å². The van der Waals surface area contributed by atoms with Gasteiger partial charge in [0.1, 0.15) is 6.54 Å². The Bertz CT molecular complexity index is 384. The van der Waals surface area contributed by atoms with E-state index in [2.05, 4.69) is 5.32 Å². The lowest BCUT2D eigenvalue weighted by Gasteiger charge is -2.36. The van der Waals surface area contributed by atoms with Crippen molar-refractivity contribution in [2.75, 3.05) is 25.9 Å². The average Bonchev–Trinajstić information content (AvgIpc) is 2.95. The van der Waals surface area contributed by atoms with Gasteiger partial charge in [-0.05, 0) is 25.7 Å². The van der Waals surface area contributed by atoms with Gasteiger partial charge in [0, 0.05) is 37.5 Å². The Morgan fingerprint density at radius 3 is 2.60 bits per heavy atom. The number of carbonyl (C=O) groups excluding carboxylic acids is 2. The number of nitrogens with zero attached hydrogens (tertiary/aromatic N) is 2. The molecule has 0 aliphatic carbocycles. The van der Waals surface area contributed by atoms with Crippen LogP contribution in [0.4, 0.5) is 4.79 Å². The number of hydrogen-bond acceptors (Lipinski definition) is 4. The first-order valence-corrected chi connectivity index (χ1v) is 8.05. The van der Waals surface area contributed by atoms with Gasteiger partial charge in [-0.1, -0.05) is 11.8 Å². The summed E-state index contributed by atoms with van der Waals surface area (Å²) in [5, 5.41) is 3.64. The molecule has 1 N–H and O–H groups in total. The van der Waals surface area contributed by atoms with E-state index in [1.807, 2.05) is 11.9 Å². The molecule has 3 saturated heterocycles. The molecular weight excluding hydrogens is 298 g/mol. The van der Waals surface area contributed by atoms with Crippen LogP contribution in [0, 0.1) is 0 Å². The summed E-state index contributed by atoms with van der Waals surface area (Å²) in [5.41, 5.74) is 0. The second kappa shape index (κ2) is 6.54. The summed E-state index contributed by atoms with van der Waals surface area (Å²) in [6.07, 6.45) is 4.60. The Hall–Kier alpha value is -0.460. The molecule has 3 rings (SSSR count). The Kier molecular flexibility index (Phi) is 5.20. The summed E-state index contributed by atoms with van der Waals surface area (Å²) in [5.74, 6) is 0.898. The van der Waals surface area contributed by atoms with Crippen molar-refractivity contribution in [1.82, 2.24) is 15.1 Å². The number of piperidine rings is 1. The van der Waals surface area contributed by atoms with Crippen molar-refractivity contribution in [3.05, 3.63) is 0 Å². The van der Waals surface area contributed by atoms with Gasteiger partial charge < -0.3 is 15.1 Å². The number of likely N-dealkylation sites (N-methyl/N-ethyl adjacent to an activating group) is 1. The van der Waals surface area contributed by atoms with Crippen LogP contribution in [0.15, 0.2) is 0 Å². The highest BCUT2D eigenvalue weighted by Gasteiger charge is 2.37. The smallest absolute Gasteiger partial charge is 0.282 e. The van der Waals surface area contributed by atoms with Crippen molar-refractivity contribution in [2.45, 2.75) is 43.8 Å². The molecule has 2 unspecified atom stereocenters. The Balaban J connectivity index is 0.00000147. The molecular formula is C13H22ClN3O2S. The van der Waals surface area contributed by atoms with Crippen molar-refractivity contribution in [1.29, 1.82) is 0 Å². The number of nitrogens with one attached hydrogen (secondary N) is 1. The third kappa shape index (κ3) is 3.23. The molecule has 2 atom stereocenters. The maximum absolute atomic E-state index is 12.3. The predicted octanol–water partition coefficient (Wildman–Crippen LogP) is 1.32. The zero-order valence-electron chi connectivity index (χ0n) is 11.7. The Morgan fingerprint density at radius 1 is 1.40 bits per heavy atom. The lowest BCUT2D eigenvalue weighted by molar-refractivity contribution is -0.133. The van der Waals surface area contributed by atoms with Crippen LogP contribution in [0.1, 0.15) is 25.7 Å². The van der Waals surface area contributed by atoms with Gasteiger partial charge >= 0.3 is 0 Å². The predicted molar refractivity (Wildman–Crippen MR) is 82.4 cm³/mol. The van der Waals surface area contributed by atoms with Crippen LogP contribution in [-0.4, -0.2) is 65.0 Å². The van der Waals surface area contributed by atoms with E-state index in [9.17, 15) is 9.59 Å². The number of fused-ring (bicyclic) bond motifs is 2. The molecule has 3 heterocycles. The molecule has 0 aromatic heterocycles. The molecule has 5 nitrogen and oxygen atoms in total. The number of rotatable bonds is 3. The lowest BCUT2D eigenvalue weighted by Crippen LogP contribution is -2.50. The standard InChI is InChI=1S/C13H21N3O2S.ClH/c1-15(11-6-9-2-3-10(7-11)14-9)12(17)8-16-4-5-19-13(16)18;/h9-11,14H,2-8H2,1H3;1H. The largest absolute Gasteiger partial charge is 0.341 e. The second-order valence-electron chi connectivity index (χ2n) is 5.80. The number of carbonyl (C=O) groups is 2. The minimum atomic E-state index is 0. The Labute approximate surface area is 130 Å². The molecule has 2 amide bonds. The third-order valence-electron chi connectivity index (χ3n) is 4.56. The second-order valence-corrected chi connectivity index (χ2v) is 6.85.